The topological polar surface area (TPSA) is 73.0 Å². The summed E-state index contributed by atoms with van der Waals surface area (Å²) < 4.78 is 7.31. The SMILES string of the molecule is Cc1cc2occ(CC(=O)NCc3cccnc3-n3cccn3)c2cc1C. The summed E-state index contributed by atoms with van der Waals surface area (Å²) in [5.41, 5.74) is 4.97. The molecule has 0 atom stereocenters. The Morgan fingerprint density at radius 3 is 2.81 bits per heavy atom. The number of rotatable bonds is 5. The Hall–Kier alpha value is -3.41. The highest BCUT2D eigenvalue weighted by Crippen LogP contribution is 2.25. The fraction of sp³-hybridized carbons (Fsp3) is 0.190. The lowest BCUT2D eigenvalue weighted by Crippen LogP contribution is -2.25. The number of hydrogen-bond acceptors (Lipinski definition) is 4. The molecule has 0 saturated carbocycles. The van der Waals surface area contributed by atoms with Crippen LogP contribution in [0, 0.1) is 13.8 Å². The van der Waals surface area contributed by atoms with Gasteiger partial charge >= 0.3 is 0 Å². The van der Waals surface area contributed by atoms with Crippen molar-refractivity contribution in [2.24, 2.45) is 0 Å². The molecule has 0 radical (unpaired) electrons. The average Bonchev–Trinajstić information content (AvgIpc) is 3.32. The van der Waals surface area contributed by atoms with E-state index in [0.29, 0.717) is 12.4 Å². The number of carbonyl (C=O) groups is 1. The largest absolute Gasteiger partial charge is 0.464 e. The number of carbonyl (C=O) groups excluding carboxylic acids is 1. The molecule has 0 aliphatic heterocycles. The summed E-state index contributed by atoms with van der Waals surface area (Å²) in [5, 5.41) is 8.17. The summed E-state index contributed by atoms with van der Waals surface area (Å²) in [6.07, 6.45) is 7.18. The van der Waals surface area contributed by atoms with Crippen molar-refractivity contribution in [3.8, 4) is 5.82 Å². The second-order valence-electron chi connectivity index (χ2n) is 6.58. The molecule has 27 heavy (non-hydrogen) atoms. The number of nitrogens with one attached hydrogen (secondary N) is 1. The predicted molar refractivity (Wildman–Crippen MR) is 103 cm³/mol. The van der Waals surface area contributed by atoms with Crippen molar-refractivity contribution < 1.29 is 9.21 Å². The van der Waals surface area contributed by atoms with Crippen molar-refractivity contribution in [3.63, 3.8) is 0 Å². The number of furan rings is 1. The molecule has 136 valence electrons. The number of aryl methyl sites for hydroxylation is 2. The smallest absolute Gasteiger partial charge is 0.224 e. The molecule has 1 amide bonds. The van der Waals surface area contributed by atoms with Crippen LogP contribution in [0.15, 0.2) is 59.6 Å². The van der Waals surface area contributed by atoms with Gasteiger partial charge in [0.1, 0.15) is 5.58 Å². The van der Waals surface area contributed by atoms with Crippen LogP contribution in [-0.2, 0) is 17.8 Å². The van der Waals surface area contributed by atoms with Gasteiger partial charge in [-0.2, -0.15) is 5.10 Å². The highest BCUT2D eigenvalue weighted by Gasteiger charge is 2.13. The molecule has 1 aromatic carbocycles. The zero-order valence-corrected chi connectivity index (χ0v) is 15.3. The number of benzene rings is 1. The summed E-state index contributed by atoms with van der Waals surface area (Å²) in [7, 11) is 0. The lowest BCUT2D eigenvalue weighted by atomic mass is 10.0. The Bertz CT molecular complexity index is 1100. The molecular formula is C21H20N4O2. The molecule has 6 heteroatoms. The van der Waals surface area contributed by atoms with Gasteiger partial charge in [0.2, 0.25) is 5.91 Å². The van der Waals surface area contributed by atoms with Crippen LogP contribution in [0.5, 0.6) is 0 Å². The van der Waals surface area contributed by atoms with Gasteiger partial charge in [-0.05, 0) is 49.2 Å². The molecule has 3 aromatic heterocycles. The third-order valence-electron chi connectivity index (χ3n) is 4.69. The highest BCUT2D eigenvalue weighted by molar-refractivity contribution is 5.88. The minimum atomic E-state index is -0.0637. The molecule has 0 aliphatic rings. The summed E-state index contributed by atoms with van der Waals surface area (Å²) in [5.74, 6) is 0.647. The molecule has 0 aliphatic carbocycles. The number of fused-ring (bicyclic) bond motifs is 1. The molecule has 3 heterocycles. The van der Waals surface area contributed by atoms with Gasteiger partial charge in [-0.25, -0.2) is 9.67 Å². The Morgan fingerprint density at radius 2 is 2.00 bits per heavy atom. The first-order valence-corrected chi connectivity index (χ1v) is 8.80. The predicted octanol–water partition coefficient (Wildman–Crippen LogP) is 3.49. The fourth-order valence-corrected chi connectivity index (χ4v) is 3.07. The molecular weight excluding hydrogens is 340 g/mol. The van der Waals surface area contributed by atoms with Crippen LogP contribution in [0.3, 0.4) is 0 Å². The highest BCUT2D eigenvalue weighted by atomic mass is 16.3. The number of aromatic nitrogens is 3. The maximum Gasteiger partial charge on any atom is 0.224 e. The molecule has 0 unspecified atom stereocenters. The van der Waals surface area contributed by atoms with Crippen molar-refractivity contribution in [1.82, 2.24) is 20.1 Å². The monoisotopic (exact) mass is 360 g/mol. The lowest BCUT2D eigenvalue weighted by molar-refractivity contribution is -0.120. The van der Waals surface area contributed by atoms with Crippen LogP contribution in [0.4, 0.5) is 0 Å². The minimum absolute atomic E-state index is 0.0637. The number of pyridine rings is 1. The second kappa shape index (κ2) is 7.07. The van der Waals surface area contributed by atoms with E-state index in [4.69, 9.17) is 4.42 Å². The van der Waals surface area contributed by atoms with E-state index in [9.17, 15) is 4.79 Å². The lowest BCUT2D eigenvalue weighted by Gasteiger charge is -2.09. The van der Waals surface area contributed by atoms with Crippen molar-refractivity contribution >= 4 is 16.9 Å². The Kier molecular flexibility index (Phi) is 4.46. The van der Waals surface area contributed by atoms with Gasteiger partial charge in [-0.15, -0.1) is 0 Å². The van der Waals surface area contributed by atoms with Crippen molar-refractivity contribution in [2.75, 3.05) is 0 Å². The third kappa shape index (κ3) is 3.46. The molecule has 4 rings (SSSR count). The molecule has 0 fully saturated rings. The molecule has 0 saturated heterocycles. The van der Waals surface area contributed by atoms with E-state index < -0.39 is 0 Å². The van der Waals surface area contributed by atoms with Crippen molar-refractivity contribution in [1.29, 1.82) is 0 Å². The maximum absolute atomic E-state index is 12.5. The van der Waals surface area contributed by atoms with E-state index in [2.05, 4.69) is 35.3 Å². The Labute approximate surface area is 156 Å². The minimum Gasteiger partial charge on any atom is -0.464 e. The quantitative estimate of drug-likeness (QED) is 0.591. The van der Waals surface area contributed by atoms with Crippen LogP contribution in [0.2, 0.25) is 0 Å². The first-order chi connectivity index (χ1) is 13.1. The van der Waals surface area contributed by atoms with Gasteiger partial charge in [0, 0.05) is 41.6 Å². The van der Waals surface area contributed by atoms with Gasteiger partial charge in [0.15, 0.2) is 5.82 Å². The summed E-state index contributed by atoms with van der Waals surface area (Å²) in [4.78, 5) is 16.8. The average molecular weight is 360 g/mol. The van der Waals surface area contributed by atoms with E-state index in [-0.39, 0.29) is 12.3 Å². The maximum atomic E-state index is 12.5. The number of amides is 1. The normalized spacial score (nSPS) is 11.0. The first-order valence-electron chi connectivity index (χ1n) is 8.80. The van der Waals surface area contributed by atoms with Crippen LogP contribution < -0.4 is 5.32 Å². The van der Waals surface area contributed by atoms with E-state index in [0.717, 1.165) is 22.1 Å². The van der Waals surface area contributed by atoms with Gasteiger partial charge in [-0.3, -0.25) is 4.79 Å². The zero-order chi connectivity index (χ0) is 18.8. The molecule has 4 aromatic rings. The van der Waals surface area contributed by atoms with Crippen LogP contribution in [-0.4, -0.2) is 20.7 Å². The van der Waals surface area contributed by atoms with E-state index >= 15 is 0 Å². The van der Waals surface area contributed by atoms with Gasteiger partial charge in [0.25, 0.3) is 0 Å². The molecule has 0 spiro atoms. The standard InChI is InChI=1S/C21H20N4O2/c1-14-9-18-17(13-27-19(18)10-15(14)2)11-20(26)23-12-16-5-3-6-22-21(16)25-8-4-7-24-25/h3-10,13H,11-12H2,1-2H3,(H,23,26). The Balaban J connectivity index is 1.48. The third-order valence-corrected chi connectivity index (χ3v) is 4.69. The summed E-state index contributed by atoms with van der Waals surface area (Å²) in [6.45, 7) is 4.50. The van der Waals surface area contributed by atoms with Crippen LogP contribution in [0.1, 0.15) is 22.3 Å². The Morgan fingerprint density at radius 1 is 1.15 bits per heavy atom. The van der Waals surface area contributed by atoms with Gasteiger partial charge < -0.3 is 9.73 Å². The van der Waals surface area contributed by atoms with Crippen LogP contribution >= 0.6 is 0 Å². The van der Waals surface area contributed by atoms with E-state index in [1.807, 2.05) is 30.5 Å². The van der Waals surface area contributed by atoms with E-state index in [1.54, 1.807) is 23.3 Å². The van der Waals surface area contributed by atoms with Crippen molar-refractivity contribution in [3.05, 3.63) is 77.4 Å². The fourth-order valence-electron chi connectivity index (χ4n) is 3.07. The van der Waals surface area contributed by atoms with E-state index in [1.165, 1.54) is 11.1 Å². The number of hydrogen-bond donors (Lipinski definition) is 1. The van der Waals surface area contributed by atoms with Gasteiger partial charge in [0.05, 0.1) is 12.7 Å². The number of nitrogens with zero attached hydrogens (tertiary/aromatic N) is 3. The second-order valence-corrected chi connectivity index (χ2v) is 6.58. The molecule has 6 nitrogen and oxygen atoms in total. The summed E-state index contributed by atoms with van der Waals surface area (Å²) >= 11 is 0. The summed E-state index contributed by atoms with van der Waals surface area (Å²) in [6, 6.07) is 9.71. The molecule has 1 N–H and O–H groups in total. The first kappa shape index (κ1) is 17.0. The zero-order valence-electron chi connectivity index (χ0n) is 15.3. The van der Waals surface area contributed by atoms with Gasteiger partial charge in [-0.1, -0.05) is 6.07 Å². The van der Waals surface area contributed by atoms with Crippen LogP contribution in [0.25, 0.3) is 16.8 Å². The van der Waals surface area contributed by atoms with Crippen molar-refractivity contribution in [2.45, 2.75) is 26.8 Å². The molecule has 0 bridgehead atoms.